The van der Waals surface area contributed by atoms with E-state index in [9.17, 15) is 9.59 Å². The van der Waals surface area contributed by atoms with Crippen molar-refractivity contribution in [2.45, 2.75) is 13.8 Å². The van der Waals surface area contributed by atoms with Crippen LogP contribution in [0.2, 0.25) is 0 Å². The Kier molecular flexibility index (Phi) is 9.34. The lowest BCUT2D eigenvalue weighted by Crippen LogP contribution is -2.52. The van der Waals surface area contributed by atoms with Gasteiger partial charge in [0.15, 0.2) is 0 Å². The summed E-state index contributed by atoms with van der Waals surface area (Å²) < 4.78 is 30.1. The lowest BCUT2D eigenvalue weighted by Gasteiger charge is -2.25. The van der Waals surface area contributed by atoms with Gasteiger partial charge in [0.25, 0.3) is 11.9 Å². The van der Waals surface area contributed by atoms with Crippen LogP contribution in [-0.2, 0) is 36.8 Å². The Morgan fingerprint density at radius 3 is 1.42 bits per heavy atom. The van der Waals surface area contributed by atoms with Gasteiger partial charge in [0.1, 0.15) is 0 Å². The third-order valence-electron chi connectivity index (χ3n) is 1.67. The Morgan fingerprint density at radius 1 is 0.789 bits per heavy atom. The SMILES string of the molecule is COCCO[Si](OCCOC)(OC(C)=O)OC(C)=O. The van der Waals surface area contributed by atoms with Crippen molar-refractivity contribution in [3.05, 3.63) is 0 Å². The van der Waals surface area contributed by atoms with Crippen LogP contribution in [0.5, 0.6) is 0 Å². The molecule has 9 heteroatoms. The predicted octanol–water partition coefficient (Wildman–Crippen LogP) is -0.126. The minimum Gasteiger partial charge on any atom is -0.442 e. The zero-order valence-electron chi connectivity index (χ0n) is 11.6. The van der Waals surface area contributed by atoms with Gasteiger partial charge in [-0.2, -0.15) is 0 Å². The van der Waals surface area contributed by atoms with Crippen molar-refractivity contribution in [1.29, 1.82) is 0 Å². The number of ether oxygens (including phenoxy) is 2. The lowest BCUT2D eigenvalue weighted by atomic mass is 10.8. The summed E-state index contributed by atoms with van der Waals surface area (Å²) in [5.74, 6) is -1.33. The topological polar surface area (TPSA) is 89.5 Å². The molecule has 0 N–H and O–H groups in total. The fourth-order valence-electron chi connectivity index (χ4n) is 1.03. The van der Waals surface area contributed by atoms with Crippen molar-refractivity contribution >= 4 is 21.0 Å². The van der Waals surface area contributed by atoms with Crippen LogP contribution in [-0.4, -0.2) is 61.6 Å². The molecule has 0 saturated heterocycles. The normalized spacial score (nSPS) is 11.2. The molecule has 0 rings (SSSR count). The zero-order valence-corrected chi connectivity index (χ0v) is 12.6. The van der Waals surface area contributed by atoms with Crippen LogP contribution in [0.15, 0.2) is 0 Å². The van der Waals surface area contributed by atoms with Crippen LogP contribution in [0.3, 0.4) is 0 Å². The molecule has 0 unspecified atom stereocenters. The first-order valence-electron chi connectivity index (χ1n) is 5.60. The van der Waals surface area contributed by atoms with Gasteiger partial charge in [-0.1, -0.05) is 0 Å². The summed E-state index contributed by atoms with van der Waals surface area (Å²) in [4.78, 5) is 22.2. The van der Waals surface area contributed by atoms with Gasteiger partial charge >= 0.3 is 9.05 Å². The van der Waals surface area contributed by atoms with E-state index in [1.165, 1.54) is 28.1 Å². The van der Waals surface area contributed by atoms with E-state index < -0.39 is 21.0 Å². The number of hydrogen-bond donors (Lipinski definition) is 0. The average Bonchev–Trinajstić information content (AvgIpc) is 2.27. The summed E-state index contributed by atoms with van der Waals surface area (Å²) in [6, 6.07) is 0. The van der Waals surface area contributed by atoms with E-state index in [-0.39, 0.29) is 26.4 Å². The molecular weight excluding hydrogens is 276 g/mol. The summed E-state index contributed by atoms with van der Waals surface area (Å²) in [7, 11) is -0.891. The summed E-state index contributed by atoms with van der Waals surface area (Å²) in [5.41, 5.74) is 0. The first kappa shape index (κ1) is 18.0. The lowest BCUT2D eigenvalue weighted by molar-refractivity contribution is -0.151. The number of rotatable bonds is 10. The van der Waals surface area contributed by atoms with Crippen molar-refractivity contribution in [3.8, 4) is 0 Å². The van der Waals surface area contributed by atoms with E-state index in [1.807, 2.05) is 0 Å². The van der Waals surface area contributed by atoms with Crippen LogP contribution in [0.1, 0.15) is 13.8 Å². The molecule has 0 bridgehead atoms. The maximum atomic E-state index is 11.1. The fourth-order valence-corrected chi connectivity index (χ4v) is 2.76. The van der Waals surface area contributed by atoms with Crippen molar-refractivity contribution in [1.82, 2.24) is 0 Å². The van der Waals surface area contributed by atoms with Crippen LogP contribution < -0.4 is 0 Å². The van der Waals surface area contributed by atoms with Crippen molar-refractivity contribution < 1.29 is 36.8 Å². The molecule has 0 aliphatic heterocycles. The van der Waals surface area contributed by atoms with Crippen LogP contribution >= 0.6 is 0 Å². The highest BCUT2D eigenvalue weighted by Gasteiger charge is 2.53. The second kappa shape index (κ2) is 9.87. The van der Waals surface area contributed by atoms with Crippen LogP contribution in [0.25, 0.3) is 0 Å². The molecule has 0 aromatic heterocycles. The van der Waals surface area contributed by atoms with E-state index in [0.717, 1.165) is 0 Å². The molecule has 112 valence electrons. The van der Waals surface area contributed by atoms with Crippen LogP contribution in [0, 0.1) is 0 Å². The van der Waals surface area contributed by atoms with E-state index in [4.69, 9.17) is 27.2 Å². The molecule has 0 heterocycles. The molecule has 0 aromatic carbocycles. The van der Waals surface area contributed by atoms with Gasteiger partial charge < -0.3 is 27.2 Å². The smallest absolute Gasteiger partial charge is 0.442 e. The molecule has 8 nitrogen and oxygen atoms in total. The molecule has 0 aromatic rings. The van der Waals surface area contributed by atoms with E-state index in [1.54, 1.807) is 0 Å². The molecule has 0 amide bonds. The molecule has 0 fully saturated rings. The minimum absolute atomic E-state index is 0.0657. The van der Waals surface area contributed by atoms with Gasteiger partial charge in [-0.25, -0.2) is 0 Å². The van der Waals surface area contributed by atoms with Crippen LogP contribution in [0.4, 0.5) is 0 Å². The van der Waals surface area contributed by atoms with Gasteiger partial charge in [0, 0.05) is 28.1 Å². The number of methoxy groups -OCH3 is 2. The summed E-state index contributed by atoms with van der Waals surface area (Å²) in [5, 5.41) is 0. The van der Waals surface area contributed by atoms with E-state index in [0.29, 0.717) is 0 Å². The molecule has 0 spiro atoms. The zero-order chi connectivity index (χ0) is 14.7. The van der Waals surface area contributed by atoms with Gasteiger partial charge in [-0.3, -0.25) is 9.59 Å². The Bertz CT molecular complexity index is 255. The van der Waals surface area contributed by atoms with Crippen molar-refractivity contribution in [2.75, 3.05) is 40.6 Å². The molecule has 0 radical (unpaired) electrons. The third-order valence-corrected chi connectivity index (χ3v) is 3.86. The molecule has 0 aliphatic carbocycles. The van der Waals surface area contributed by atoms with Gasteiger partial charge in [-0.05, 0) is 0 Å². The minimum atomic E-state index is -3.86. The van der Waals surface area contributed by atoms with Crippen molar-refractivity contribution in [2.24, 2.45) is 0 Å². The molecule has 0 atom stereocenters. The number of carbonyl (C=O) groups excluding carboxylic acids is 2. The van der Waals surface area contributed by atoms with E-state index >= 15 is 0 Å². The second-order valence-electron chi connectivity index (χ2n) is 3.37. The quantitative estimate of drug-likeness (QED) is 0.407. The Balaban J connectivity index is 4.73. The molecule has 0 saturated carbocycles. The maximum absolute atomic E-state index is 11.1. The second-order valence-corrected chi connectivity index (χ2v) is 5.36. The van der Waals surface area contributed by atoms with Crippen molar-refractivity contribution in [3.63, 3.8) is 0 Å². The molecule has 0 aliphatic rings. The molecular formula is C10H20O8Si. The highest BCUT2D eigenvalue weighted by Crippen LogP contribution is 2.13. The highest BCUT2D eigenvalue weighted by molar-refractivity contribution is 6.57. The number of hydrogen-bond acceptors (Lipinski definition) is 8. The fraction of sp³-hybridized carbons (Fsp3) is 0.800. The molecule has 19 heavy (non-hydrogen) atoms. The Morgan fingerprint density at radius 2 is 1.16 bits per heavy atom. The van der Waals surface area contributed by atoms with E-state index in [2.05, 4.69) is 0 Å². The first-order chi connectivity index (χ1) is 8.95. The Labute approximate surface area is 113 Å². The third kappa shape index (κ3) is 8.67. The van der Waals surface area contributed by atoms with Gasteiger partial charge in [0.2, 0.25) is 0 Å². The standard InChI is InChI=1S/C10H20O8Si/c1-9(11)17-19(18-10(2)12,15-7-5-13-3)16-8-6-14-4/h5-8H2,1-4H3. The summed E-state index contributed by atoms with van der Waals surface area (Å²) in [6.07, 6.45) is 0. The summed E-state index contributed by atoms with van der Waals surface area (Å²) in [6.45, 7) is 2.96. The van der Waals surface area contributed by atoms with Gasteiger partial charge in [0.05, 0.1) is 26.4 Å². The Hall–Kier alpha value is -1.00. The monoisotopic (exact) mass is 296 g/mol. The van der Waals surface area contributed by atoms with Gasteiger partial charge in [-0.15, -0.1) is 0 Å². The maximum Gasteiger partial charge on any atom is 0.824 e. The predicted molar refractivity (Wildman–Crippen MR) is 64.9 cm³/mol. The average molecular weight is 296 g/mol. The highest BCUT2D eigenvalue weighted by atomic mass is 28.4. The summed E-state index contributed by atoms with van der Waals surface area (Å²) >= 11 is 0. The first-order valence-corrected chi connectivity index (χ1v) is 7.24. The number of carbonyl (C=O) groups is 2. The largest absolute Gasteiger partial charge is 0.824 e.